The highest BCUT2D eigenvalue weighted by Gasteiger charge is 2.29. The predicted octanol–water partition coefficient (Wildman–Crippen LogP) is 11.1. The third-order valence-corrected chi connectivity index (χ3v) is 9.67. The second-order valence-electron chi connectivity index (χ2n) is 13.4. The second kappa shape index (κ2) is 12.9. The van der Waals surface area contributed by atoms with Crippen LogP contribution in [0.2, 0.25) is 0 Å². The lowest BCUT2D eigenvalue weighted by Gasteiger charge is -2.42. The summed E-state index contributed by atoms with van der Waals surface area (Å²) < 4.78 is 0. The molecule has 3 aromatic rings. The van der Waals surface area contributed by atoms with Crippen LogP contribution in [0.15, 0.2) is 120 Å². The summed E-state index contributed by atoms with van der Waals surface area (Å²) in [7, 11) is 0. The zero-order chi connectivity index (χ0) is 30.8. The minimum atomic E-state index is 0.300. The van der Waals surface area contributed by atoms with Crippen molar-refractivity contribution in [2.24, 2.45) is 0 Å². The van der Waals surface area contributed by atoms with E-state index in [1.54, 1.807) is 0 Å². The fourth-order valence-electron chi connectivity index (χ4n) is 7.54. The van der Waals surface area contributed by atoms with Crippen molar-refractivity contribution < 1.29 is 0 Å². The summed E-state index contributed by atoms with van der Waals surface area (Å²) in [4.78, 5) is 5.25. The van der Waals surface area contributed by atoms with Crippen LogP contribution >= 0.6 is 0 Å². The molecule has 3 unspecified atom stereocenters. The normalized spacial score (nSPS) is 21.6. The van der Waals surface area contributed by atoms with E-state index in [4.69, 9.17) is 0 Å². The SMILES string of the molecule is CC1=CC=CC(N(c2cccc(C)c2)c2ccc(C3=CCC(N(c4cccc(C)c4)C4CCC=C(C)C4)C=C3C)c(C)c2)C1. The van der Waals surface area contributed by atoms with Gasteiger partial charge in [-0.15, -0.1) is 0 Å². The van der Waals surface area contributed by atoms with Gasteiger partial charge in [-0.3, -0.25) is 0 Å². The third kappa shape index (κ3) is 6.41. The van der Waals surface area contributed by atoms with Crippen molar-refractivity contribution in [3.63, 3.8) is 0 Å². The van der Waals surface area contributed by atoms with Crippen LogP contribution in [-0.2, 0) is 0 Å². The van der Waals surface area contributed by atoms with Gasteiger partial charge < -0.3 is 9.80 Å². The van der Waals surface area contributed by atoms with Gasteiger partial charge in [-0.1, -0.05) is 77.9 Å². The molecular formula is C42H48N2. The molecule has 3 atom stereocenters. The number of benzene rings is 3. The van der Waals surface area contributed by atoms with Gasteiger partial charge in [-0.05, 0) is 143 Å². The molecule has 2 heteroatoms. The number of hydrogen-bond acceptors (Lipinski definition) is 2. The zero-order valence-corrected chi connectivity index (χ0v) is 27.5. The largest absolute Gasteiger partial charge is 0.361 e. The highest BCUT2D eigenvalue weighted by molar-refractivity contribution is 5.83. The molecule has 226 valence electrons. The van der Waals surface area contributed by atoms with Crippen molar-refractivity contribution in [2.45, 2.75) is 91.8 Å². The van der Waals surface area contributed by atoms with Crippen LogP contribution < -0.4 is 9.80 Å². The Kier molecular flexibility index (Phi) is 8.80. The number of anilines is 3. The molecule has 0 N–H and O–H groups in total. The number of rotatable bonds is 7. The molecule has 0 saturated carbocycles. The summed E-state index contributed by atoms with van der Waals surface area (Å²) in [6, 6.07) is 26.3. The molecule has 0 radical (unpaired) electrons. The van der Waals surface area contributed by atoms with E-state index in [0.29, 0.717) is 18.1 Å². The quantitative estimate of drug-likeness (QED) is 0.257. The highest BCUT2D eigenvalue weighted by atomic mass is 15.2. The lowest BCUT2D eigenvalue weighted by atomic mass is 9.86. The topological polar surface area (TPSA) is 6.48 Å². The van der Waals surface area contributed by atoms with E-state index in [9.17, 15) is 0 Å². The monoisotopic (exact) mass is 580 g/mol. The Hall–Kier alpha value is -4.04. The van der Waals surface area contributed by atoms with Crippen LogP contribution in [0.5, 0.6) is 0 Å². The van der Waals surface area contributed by atoms with E-state index in [0.717, 1.165) is 19.3 Å². The molecule has 0 aromatic heterocycles. The minimum Gasteiger partial charge on any atom is -0.361 e. The van der Waals surface area contributed by atoms with Crippen molar-refractivity contribution in [2.75, 3.05) is 9.80 Å². The third-order valence-electron chi connectivity index (χ3n) is 9.67. The van der Waals surface area contributed by atoms with Gasteiger partial charge >= 0.3 is 0 Å². The second-order valence-corrected chi connectivity index (χ2v) is 13.4. The average molecular weight is 581 g/mol. The molecule has 6 rings (SSSR count). The Labute approximate surface area is 265 Å². The van der Waals surface area contributed by atoms with E-state index in [1.807, 2.05) is 0 Å². The molecule has 0 aliphatic heterocycles. The smallest absolute Gasteiger partial charge is 0.0562 e. The summed E-state index contributed by atoms with van der Waals surface area (Å²) in [5.41, 5.74) is 14.9. The Morgan fingerprint density at radius 2 is 1.41 bits per heavy atom. The fourth-order valence-corrected chi connectivity index (χ4v) is 7.54. The number of nitrogens with zero attached hydrogens (tertiary/aromatic N) is 2. The maximum absolute atomic E-state index is 2.73. The predicted molar refractivity (Wildman–Crippen MR) is 191 cm³/mol. The first-order valence-corrected chi connectivity index (χ1v) is 16.5. The maximum atomic E-state index is 2.73. The summed E-state index contributed by atoms with van der Waals surface area (Å²) in [6.45, 7) is 13.5. The van der Waals surface area contributed by atoms with Gasteiger partial charge in [0.1, 0.15) is 0 Å². The van der Waals surface area contributed by atoms with E-state index < -0.39 is 0 Å². The van der Waals surface area contributed by atoms with Crippen LogP contribution in [0.3, 0.4) is 0 Å². The molecule has 44 heavy (non-hydrogen) atoms. The van der Waals surface area contributed by atoms with Crippen LogP contribution in [0.25, 0.3) is 5.57 Å². The molecule has 0 saturated heterocycles. The van der Waals surface area contributed by atoms with Gasteiger partial charge in [0.05, 0.1) is 12.1 Å². The molecule has 0 heterocycles. The number of hydrogen-bond donors (Lipinski definition) is 0. The first-order valence-electron chi connectivity index (χ1n) is 16.5. The molecule has 3 aromatic carbocycles. The first-order chi connectivity index (χ1) is 21.3. The average Bonchev–Trinajstić information content (AvgIpc) is 2.98. The molecule has 3 aliphatic carbocycles. The number of allylic oxidation sites excluding steroid dienone is 5. The van der Waals surface area contributed by atoms with Gasteiger partial charge in [0.15, 0.2) is 0 Å². The summed E-state index contributed by atoms with van der Waals surface area (Å²) >= 11 is 0. The summed E-state index contributed by atoms with van der Waals surface area (Å²) in [5, 5.41) is 0. The molecule has 0 bridgehead atoms. The van der Waals surface area contributed by atoms with Crippen molar-refractivity contribution >= 4 is 22.6 Å². The molecule has 3 aliphatic rings. The van der Waals surface area contributed by atoms with E-state index in [1.165, 1.54) is 74.5 Å². The van der Waals surface area contributed by atoms with E-state index >= 15 is 0 Å². The molecular weight excluding hydrogens is 532 g/mol. The molecule has 0 amide bonds. The van der Waals surface area contributed by atoms with Crippen LogP contribution in [0, 0.1) is 20.8 Å². The lowest BCUT2D eigenvalue weighted by molar-refractivity contribution is 0.497. The van der Waals surface area contributed by atoms with E-state index in [-0.39, 0.29) is 0 Å². The van der Waals surface area contributed by atoms with Crippen LogP contribution in [0.1, 0.15) is 75.1 Å². The van der Waals surface area contributed by atoms with Crippen molar-refractivity contribution in [3.05, 3.63) is 142 Å². The molecule has 2 nitrogen and oxygen atoms in total. The lowest BCUT2D eigenvalue weighted by Crippen LogP contribution is -2.44. The van der Waals surface area contributed by atoms with Crippen molar-refractivity contribution in [3.8, 4) is 0 Å². The van der Waals surface area contributed by atoms with Crippen LogP contribution in [-0.4, -0.2) is 18.1 Å². The minimum absolute atomic E-state index is 0.300. The number of aryl methyl sites for hydroxylation is 3. The standard InChI is InChI=1S/C42H48N2/c1-29-11-7-15-35(23-29)43(36-16-8-12-30(2)24-36)39-19-21-41(33(5)27-39)42-22-20-40(28-34(42)6)44(37-17-9-13-31(3)25-37)38-18-10-14-32(4)26-38/h7-9,11-17,19,21-23,25,27-28,36,38,40H,10,18,20,24,26H2,1-6H3. The fraction of sp³-hybridized carbons (Fsp3) is 0.333. The van der Waals surface area contributed by atoms with Crippen LogP contribution in [0.4, 0.5) is 17.1 Å². The van der Waals surface area contributed by atoms with E-state index in [2.05, 4.69) is 155 Å². The highest BCUT2D eigenvalue weighted by Crippen LogP contribution is 2.39. The Morgan fingerprint density at radius 1 is 0.682 bits per heavy atom. The summed E-state index contributed by atoms with van der Waals surface area (Å²) in [5.74, 6) is 0. The van der Waals surface area contributed by atoms with Gasteiger partial charge in [-0.25, -0.2) is 0 Å². The van der Waals surface area contributed by atoms with Gasteiger partial charge in [0.25, 0.3) is 0 Å². The molecule has 0 fully saturated rings. The van der Waals surface area contributed by atoms with Gasteiger partial charge in [0, 0.05) is 23.1 Å². The molecule has 0 spiro atoms. The zero-order valence-electron chi connectivity index (χ0n) is 27.5. The first kappa shape index (κ1) is 30.0. The summed E-state index contributed by atoms with van der Waals surface area (Å²) in [6.07, 6.45) is 19.9. The van der Waals surface area contributed by atoms with Gasteiger partial charge in [0.2, 0.25) is 0 Å². The van der Waals surface area contributed by atoms with Crippen molar-refractivity contribution in [1.29, 1.82) is 0 Å². The Balaban J connectivity index is 1.30. The Morgan fingerprint density at radius 3 is 2.09 bits per heavy atom. The van der Waals surface area contributed by atoms with Crippen molar-refractivity contribution in [1.82, 2.24) is 0 Å². The van der Waals surface area contributed by atoms with Gasteiger partial charge in [-0.2, -0.15) is 0 Å². The maximum Gasteiger partial charge on any atom is 0.0562 e. The Bertz CT molecular complexity index is 1680.